The van der Waals surface area contributed by atoms with Crippen molar-refractivity contribution in [3.05, 3.63) is 35.6 Å². The summed E-state index contributed by atoms with van der Waals surface area (Å²) in [6, 6.07) is 4.91. The molecule has 6 nitrogen and oxygen atoms in total. The van der Waals surface area contributed by atoms with Gasteiger partial charge in [-0.05, 0) is 68.2 Å². The average molecular weight is 585 g/mol. The number of nitrogens with zero attached hydrogens (tertiary/aromatic N) is 1. The van der Waals surface area contributed by atoms with Crippen LogP contribution in [0, 0.1) is 35.4 Å². The van der Waals surface area contributed by atoms with E-state index in [1.165, 1.54) is 29.2 Å². The van der Waals surface area contributed by atoms with E-state index in [1.807, 2.05) is 0 Å². The Labute approximate surface area is 207 Å². The fraction of sp³-hybridized carbons (Fsp3) is 0.583. The fourth-order valence-electron chi connectivity index (χ4n) is 6.28. The first kappa shape index (κ1) is 23.1. The van der Waals surface area contributed by atoms with Gasteiger partial charge in [0.15, 0.2) is 12.4 Å². The maximum absolute atomic E-state index is 13.2. The van der Waals surface area contributed by atoms with E-state index in [4.69, 9.17) is 4.74 Å². The quantitative estimate of drug-likeness (QED) is 0.227. The van der Waals surface area contributed by atoms with Crippen molar-refractivity contribution >= 4 is 55.4 Å². The molecule has 33 heavy (non-hydrogen) atoms. The minimum atomic E-state index is -0.442. The van der Waals surface area contributed by atoms with Crippen molar-refractivity contribution in [2.75, 3.05) is 6.61 Å². The summed E-state index contributed by atoms with van der Waals surface area (Å²) < 4.78 is 18.2. The second-order valence-corrected chi connectivity index (χ2v) is 11.7. The summed E-state index contributed by atoms with van der Waals surface area (Å²) in [5.74, 6) is -1.78. The lowest BCUT2D eigenvalue weighted by atomic mass is 9.81. The molecule has 176 valence electrons. The summed E-state index contributed by atoms with van der Waals surface area (Å²) in [6.07, 6.45) is 3.05. The van der Waals surface area contributed by atoms with E-state index in [2.05, 4.69) is 31.9 Å². The Kier molecular flexibility index (Phi) is 6.22. The summed E-state index contributed by atoms with van der Waals surface area (Å²) >= 11 is 7.41. The third-order valence-corrected chi connectivity index (χ3v) is 11.1. The van der Waals surface area contributed by atoms with Crippen molar-refractivity contribution in [3.63, 3.8) is 0 Å². The summed E-state index contributed by atoms with van der Waals surface area (Å²) in [4.78, 5) is 53.0. The lowest BCUT2D eigenvalue weighted by molar-refractivity contribution is -0.149. The SMILES string of the molecule is O=C(COC(=O)C1CCC(N2C(=O)[C@@H]3[C@H]4C[C@@H]([C@@H](Br)[C@H]4Br)[C@H]3C2=O)CC1)c1ccc(F)cc1. The van der Waals surface area contributed by atoms with Gasteiger partial charge in [-0.3, -0.25) is 24.1 Å². The molecule has 0 unspecified atom stereocenters. The van der Waals surface area contributed by atoms with Crippen LogP contribution in [0.3, 0.4) is 0 Å². The molecule has 1 aromatic rings. The van der Waals surface area contributed by atoms with E-state index in [1.54, 1.807) is 0 Å². The number of imide groups is 1. The van der Waals surface area contributed by atoms with Gasteiger partial charge in [-0.25, -0.2) is 4.39 Å². The molecule has 4 aliphatic rings. The van der Waals surface area contributed by atoms with Gasteiger partial charge in [0.2, 0.25) is 11.8 Å². The van der Waals surface area contributed by atoms with Gasteiger partial charge in [-0.2, -0.15) is 0 Å². The first-order valence-corrected chi connectivity index (χ1v) is 13.2. The highest BCUT2D eigenvalue weighted by Gasteiger charge is 2.67. The molecule has 0 spiro atoms. The van der Waals surface area contributed by atoms with E-state index in [-0.39, 0.29) is 75.1 Å². The molecule has 2 bridgehead atoms. The molecule has 0 aromatic heterocycles. The minimum Gasteiger partial charge on any atom is -0.457 e. The number of carbonyl (C=O) groups excluding carboxylic acids is 4. The molecule has 1 saturated heterocycles. The number of benzene rings is 1. The van der Waals surface area contributed by atoms with E-state index < -0.39 is 11.8 Å². The fourth-order valence-corrected chi connectivity index (χ4v) is 8.15. The van der Waals surface area contributed by atoms with Crippen LogP contribution in [-0.2, 0) is 19.1 Å². The zero-order valence-electron chi connectivity index (χ0n) is 17.8. The smallest absolute Gasteiger partial charge is 0.309 e. The monoisotopic (exact) mass is 583 g/mol. The second-order valence-electron chi connectivity index (χ2n) is 9.59. The Hall–Kier alpha value is -1.61. The van der Waals surface area contributed by atoms with Gasteiger partial charge in [0.1, 0.15) is 5.82 Å². The lowest BCUT2D eigenvalue weighted by Gasteiger charge is -2.33. The molecule has 1 aliphatic heterocycles. The average Bonchev–Trinajstić information content (AvgIpc) is 3.42. The standard InChI is InChI=1S/C24H24Br2FNO5/c25-20-15-9-16(21(20)26)19-18(15)22(30)28(23(19)31)14-7-3-12(4-8-14)24(32)33-10-17(29)11-1-5-13(27)6-2-11/h1-2,5-6,12,14-16,18-21H,3-4,7-10H2/t12?,14?,15-,16-,18-,19-,20-,21+/m1/s1. The van der Waals surface area contributed by atoms with Gasteiger partial charge >= 0.3 is 5.97 Å². The molecule has 1 heterocycles. The highest BCUT2D eigenvalue weighted by molar-refractivity contribution is 9.12. The molecular formula is C24H24Br2FNO5. The van der Waals surface area contributed by atoms with Crippen LogP contribution in [-0.4, -0.2) is 50.8 Å². The Balaban J connectivity index is 1.15. The lowest BCUT2D eigenvalue weighted by Crippen LogP contribution is -2.44. The number of rotatable bonds is 5. The van der Waals surface area contributed by atoms with Gasteiger partial charge in [-0.1, -0.05) is 31.9 Å². The number of fused-ring (bicyclic) bond motifs is 5. The molecular weight excluding hydrogens is 561 g/mol. The van der Waals surface area contributed by atoms with Crippen LogP contribution in [0.2, 0.25) is 0 Å². The number of esters is 1. The predicted molar refractivity (Wildman–Crippen MR) is 123 cm³/mol. The van der Waals surface area contributed by atoms with Crippen LogP contribution in [0.15, 0.2) is 24.3 Å². The van der Waals surface area contributed by atoms with Crippen molar-refractivity contribution in [3.8, 4) is 0 Å². The maximum Gasteiger partial charge on any atom is 0.309 e. The van der Waals surface area contributed by atoms with Gasteiger partial charge in [0.05, 0.1) is 17.8 Å². The van der Waals surface area contributed by atoms with Gasteiger partial charge < -0.3 is 4.74 Å². The molecule has 0 radical (unpaired) electrons. The number of ketones is 1. The van der Waals surface area contributed by atoms with Crippen molar-refractivity contribution in [1.29, 1.82) is 0 Å². The molecule has 0 N–H and O–H groups in total. The zero-order valence-corrected chi connectivity index (χ0v) is 21.0. The van der Waals surface area contributed by atoms with Crippen LogP contribution in [0.25, 0.3) is 0 Å². The van der Waals surface area contributed by atoms with Crippen molar-refractivity contribution in [2.24, 2.45) is 29.6 Å². The highest BCUT2D eigenvalue weighted by atomic mass is 79.9. The molecule has 3 saturated carbocycles. The number of halogens is 3. The van der Waals surface area contributed by atoms with Crippen LogP contribution < -0.4 is 0 Å². The van der Waals surface area contributed by atoms with E-state index in [0.29, 0.717) is 25.7 Å². The Bertz CT molecular complexity index is 961. The van der Waals surface area contributed by atoms with E-state index in [9.17, 15) is 23.6 Å². The van der Waals surface area contributed by atoms with E-state index in [0.717, 1.165) is 6.42 Å². The number of Topliss-reactive ketones (excluding diaryl/α,β-unsaturated/α-hetero) is 1. The largest absolute Gasteiger partial charge is 0.457 e. The normalized spacial score (nSPS) is 37.4. The summed E-state index contributed by atoms with van der Waals surface area (Å²) in [5, 5.41) is 0. The number of amides is 2. The minimum absolute atomic E-state index is 0.0442. The molecule has 5 rings (SSSR count). The highest BCUT2D eigenvalue weighted by Crippen LogP contribution is 2.60. The van der Waals surface area contributed by atoms with Crippen LogP contribution in [0.1, 0.15) is 42.5 Å². The summed E-state index contributed by atoms with van der Waals surface area (Å²) in [5.41, 5.74) is 0.287. The first-order chi connectivity index (χ1) is 15.8. The Morgan fingerprint density at radius 1 is 0.939 bits per heavy atom. The maximum atomic E-state index is 13.2. The van der Waals surface area contributed by atoms with Crippen LogP contribution in [0.5, 0.6) is 0 Å². The van der Waals surface area contributed by atoms with Gasteiger partial charge in [0.25, 0.3) is 0 Å². The van der Waals surface area contributed by atoms with Gasteiger partial charge in [0, 0.05) is 21.3 Å². The van der Waals surface area contributed by atoms with Crippen molar-refractivity contribution in [1.82, 2.24) is 4.90 Å². The van der Waals surface area contributed by atoms with Crippen molar-refractivity contribution < 1.29 is 28.3 Å². The number of likely N-dealkylation sites (tertiary alicyclic amines) is 1. The Morgan fingerprint density at radius 3 is 2.03 bits per heavy atom. The second kappa shape index (κ2) is 8.87. The topological polar surface area (TPSA) is 80.8 Å². The number of alkyl halides is 2. The van der Waals surface area contributed by atoms with Gasteiger partial charge in [-0.15, -0.1) is 0 Å². The number of hydrogen-bond acceptors (Lipinski definition) is 5. The third-order valence-electron chi connectivity index (χ3n) is 7.93. The predicted octanol–water partition coefficient (Wildman–Crippen LogP) is 3.89. The first-order valence-electron chi connectivity index (χ1n) is 11.4. The number of hydrogen-bond donors (Lipinski definition) is 0. The van der Waals surface area contributed by atoms with E-state index >= 15 is 0 Å². The Morgan fingerprint density at radius 2 is 1.48 bits per heavy atom. The summed E-state index contributed by atoms with van der Waals surface area (Å²) in [6.45, 7) is -0.388. The zero-order chi connectivity index (χ0) is 23.4. The number of ether oxygens (including phenoxy) is 1. The molecule has 9 heteroatoms. The van der Waals surface area contributed by atoms with Crippen molar-refractivity contribution in [2.45, 2.75) is 47.8 Å². The third kappa shape index (κ3) is 3.89. The van der Waals surface area contributed by atoms with Crippen LogP contribution in [0.4, 0.5) is 4.39 Å². The summed E-state index contributed by atoms with van der Waals surface area (Å²) in [7, 11) is 0. The molecule has 3 aliphatic carbocycles. The number of carbonyl (C=O) groups is 4. The molecule has 2 amide bonds. The molecule has 4 fully saturated rings. The molecule has 6 atom stereocenters. The van der Waals surface area contributed by atoms with Crippen LogP contribution >= 0.6 is 31.9 Å². The molecule has 1 aromatic carbocycles.